The second-order valence-corrected chi connectivity index (χ2v) is 12.0. The van der Waals surface area contributed by atoms with Gasteiger partial charge in [-0.2, -0.15) is 18.3 Å². The number of ether oxygens (including phenoxy) is 1. The van der Waals surface area contributed by atoms with E-state index < -0.39 is 47.2 Å². The molecule has 0 amide bonds. The van der Waals surface area contributed by atoms with Crippen molar-refractivity contribution in [2.45, 2.75) is 46.7 Å². The maximum Gasteiger partial charge on any atom is 0.416 e. The highest BCUT2D eigenvalue weighted by atomic mass is 32.2. The van der Waals surface area contributed by atoms with E-state index in [4.69, 9.17) is 4.74 Å². The van der Waals surface area contributed by atoms with Gasteiger partial charge in [0.15, 0.2) is 24.7 Å². The van der Waals surface area contributed by atoms with Crippen molar-refractivity contribution in [2.75, 3.05) is 12.9 Å². The minimum atomic E-state index is -4.67. The van der Waals surface area contributed by atoms with Crippen LogP contribution in [0, 0.1) is 0 Å². The first-order valence-corrected chi connectivity index (χ1v) is 12.3. The lowest BCUT2D eigenvalue weighted by Gasteiger charge is -2.37. The monoisotopic (exact) mass is 466 g/mol. The third-order valence-corrected chi connectivity index (χ3v) is 8.79. The lowest BCUT2D eigenvalue weighted by Crippen LogP contribution is -2.42. The van der Waals surface area contributed by atoms with Crippen molar-refractivity contribution in [3.8, 4) is 0 Å². The summed E-state index contributed by atoms with van der Waals surface area (Å²) in [6.07, 6.45) is -4.42. The second kappa shape index (κ2) is 7.34. The van der Waals surface area contributed by atoms with Gasteiger partial charge in [0.25, 0.3) is 0 Å². The van der Waals surface area contributed by atoms with Crippen LogP contribution in [0.15, 0.2) is 40.3 Å². The van der Waals surface area contributed by atoms with Crippen LogP contribution in [0.25, 0.3) is 0 Å². The number of aromatic nitrogens is 2. The van der Waals surface area contributed by atoms with Crippen molar-refractivity contribution < 1.29 is 34.7 Å². The highest BCUT2D eigenvalue weighted by Gasteiger charge is 2.46. The largest absolute Gasteiger partial charge is 0.416 e. The molecule has 30 heavy (non-hydrogen) atoms. The van der Waals surface area contributed by atoms with Crippen LogP contribution in [-0.2, 0) is 37.6 Å². The van der Waals surface area contributed by atoms with E-state index in [-0.39, 0.29) is 24.5 Å². The van der Waals surface area contributed by atoms with Gasteiger partial charge in [-0.15, -0.1) is 0 Å². The number of benzene rings is 1. The second-order valence-electron chi connectivity index (χ2n) is 7.60. The zero-order valence-corrected chi connectivity index (χ0v) is 18.1. The van der Waals surface area contributed by atoms with Gasteiger partial charge in [0.2, 0.25) is 0 Å². The smallest absolute Gasteiger partial charge is 0.372 e. The van der Waals surface area contributed by atoms with Crippen LogP contribution >= 0.6 is 0 Å². The Morgan fingerprint density at radius 2 is 1.87 bits per heavy atom. The van der Waals surface area contributed by atoms with Gasteiger partial charge in [0, 0.05) is 26.0 Å². The minimum Gasteiger partial charge on any atom is -0.372 e. The highest BCUT2D eigenvalue weighted by molar-refractivity contribution is 7.92. The number of rotatable bonds is 4. The molecule has 1 aromatic carbocycles. The van der Waals surface area contributed by atoms with Crippen molar-refractivity contribution >= 4 is 19.7 Å². The molecule has 1 saturated heterocycles. The van der Waals surface area contributed by atoms with Gasteiger partial charge < -0.3 is 4.74 Å². The van der Waals surface area contributed by atoms with Crippen molar-refractivity contribution in [3.05, 3.63) is 41.6 Å². The van der Waals surface area contributed by atoms with Crippen LogP contribution in [-0.4, -0.2) is 44.2 Å². The van der Waals surface area contributed by atoms with E-state index >= 15 is 0 Å². The van der Waals surface area contributed by atoms with Crippen LogP contribution < -0.4 is 0 Å². The van der Waals surface area contributed by atoms with Crippen LogP contribution in [0.5, 0.6) is 0 Å². The average molecular weight is 467 g/mol. The Balaban J connectivity index is 1.98. The topological polar surface area (TPSA) is 95.3 Å². The van der Waals surface area contributed by atoms with Gasteiger partial charge in [0.1, 0.15) is 6.10 Å². The lowest BCUT2D eigenvalue weighted by atomic mass is 9.95. The lowest BCUT2D eigenvalue weighted by molar-refractivity contribution is -0.137. The van der Waals surface area contributed by atoms with Crippen LogP contribution in [0.4, 0.5) is 13.2 Å². The molecular formula is C18H21F3N2O5S2. The van der Waals surface area contributed by atoms with Crippen molar-refractivity contribution in [1.82, 2.24) is 9.78 Å². The van der Waals surface area contributed by atoms with E-state index in [1.54, 1.807) is 0 Å². The molecule has 0 spiro atoms. The summed E-state index contributed by atoms with van der Waals surface area (Å²) in [5, 5.41) is 3.77. The molecule has 1 aromatic heterocycles. The molecule has 0 N–H and O–H groups in total. The van der Waals surface area contributed by atoms with Gasteiger partial charge in [-0.05, 0) is 38.0 Å². The van der Waals surface area contributed by atoms with Crippen LogP contribution in [0.3, 0.4) is 0 Å². The molecule has 1 fully saturated rings. The predicted octanol–water partition coefficient (Wildman–Crippen LogP) is 2.93. The first-order valence-electron chi connectivity index (χ1n) is 8.93. The molecule has 2 aromatic rings. The molecule has 3 rings (SSSR count). The summed E-state index contributed by atoms with van der Waals surface area (Å²) in [4.78, 5) is -0.415. The molecule has 7 nitrogen and oxygen atoms in total. The van der Waals surface area contributed by atoms with Crippen molar-refractivity contribution in [2.24, 2.45) is 7.05 Å². The molecule has 0 aliphatic carbocycles. The molecular weight excluding hydrogens is 445 g/mol. The molecule has 2 atom stereocenters. The van der Waals surface area contributed by atoms with E-state index in [2.05, 4.69) is 5.10 Å². The highest BCUT2D eigenvalue weighted by Crippen LogP contribution is 2.43. The zero-order chi connectivity index (χ0) is 22.5. The Bertz CT molecular complexity index is 1170. The van der Waals surface area contributed by atoms with Gasteiger partial charge in [-0.25, -0.2) is 16.8 Å². The van der Waals surface area contributed by atoms with E-state index in [1.807, 2.05) is 0 Å². The predicted molar refractivity (Wildman–Crippen MR) is 101 cm³/mol. The summed E-state index contributed by atoms with van der Waals surface area (Å²) in [5.41, 5.74) is -0.666. The Hall–Kier alpha value is -1.92. The molecule has 12 heteroatoms. The number of hydrogen-bond acceptors (Lipinski definition) is 6. The SMILES string of the molecule is Cn1nc(S(C)(=O)=O)cc1C1CC(C)(S(=O)(=O)c2cccc(C(F)(F)F)c2)CCO1. The first-order chi connectivity index (χ1) is 13.6. The van der Waals surface area contributed by atoms with Crippen molar-refractivity contribution in [3.63, 3.8) is 0 Å². The molecule has 1 aliphatic rings. The van der Waals surface area contributed by atoms with Gasteiger partial charge in [0.05, 0.1) is 20.9 Å². The van der Waals surface area contributed by atoms with E-state index in [1.165, 1.54) is 24.7 Å². The van der Waals surface area contributed by atoms with Gasteiger partial charge in [-0.1, -0.05) is 6.07 Å². The summed E-state index contributed by atoms with van der Waals surface area (Å²) in [5.74, 6) is 0. The summed E-state index contributed by atoms with van der Waals surface area (Å²) >= 11 is 0. The molecule has 1 aliphatic heterocycles. The first kappa shape index (κ1) is 22.8. The number of sulfone groups is 2. The molecule has 166 valence electrons. The standard InChI is InChI=1S/C18H21F3N2O5S2/c1-17(30(26,27)13-6-4-5-12(9-13)18(19,20)21)7-8-28-15(11-17)14-10-16(22-23(14)2)29(3,24)25/h4-6,9-10,15H,7-8,11H2,1-3H3. The molecule has 2 heterocycles. The summed E-state index contributed by atoms with van der Waals surface area (Å²) in [7, 11) is -6.21. The average Bonchev–Trinajstić information content (AvgIpc) is 3.03. The maximum atomic E-state index is 13.3. The fourth-order valence-corrected chi connectivity index (χ4v) is 5.90. The Morgan fingerprint density at radius 3 is 2.43 bits per heavy atom. The van der Waals surface area contributed by atoms with Gasteiger partial charge in [-0.3, -0.25) is 4.68 Å². The third-order valence-electron chi connectivity index (χ3n) is 5.29. The third kappa shape index (κ3) is 4.12. The maximum absolute atomic E-state index is 13.3. The molecule has 0 bridgehead atoms. The van der Waals surface area contributed by atoms with Gasteiger partial charge >= 0.3 is 6.18 Å². The zero-order valence-electron chi connectivity index (χ0n) is 16.5. The molecule has 2 unspecified atom stereocenters. The number of halogens is 3. The number of alkyl halides is 3. The Kier molecular flexibility index (Phi) is 5.57. The number of aryl methyl sites for hydroxylation is 1. The van der Waals surface area contributed by atoms with E-state index in [0.717, 1.165) is 24.5 Å². The number of hydrogen-bond donors (Lipinski definition) is 0. The molecule has 0 radical (unpaired) electrons. The van der Waals surface area contributed by atoms with Crippen molar-refractivity contribution in [1.29, 1.82) is 0 Å². The fourth-order valence-electron chi connectivity index (χ4n) is 3.47. The number of nitrogens with zero attached hydrogens (tertiary/aromatic N) is 2. The van der Waals surface area contributed by atoms with E-state index in [9.17, 15) is 30.0 Å². The van der Waals surface area contributed by atoms with Crippen LogP contribution in [0.2, 0.25) is 0 Å². The summed E-state index contributed by atoms with van der Waals surface area (Å²) < 4.78 is 94.8. The Labute approximate surface area is 172 Å². The fraction of sp³-hybridized carbons (Fsp3) is 0.500. The molecule has 0 saturated carbocycles. The normalized spacial score (nSPS) is 23.5. The summed E-state index contributed by atoms with van der Waals surface area (Å²) in [6, 6.07) is 4.98. The Morgan fingerprint density at radius 1 is 1.20 bits per heavy atom. The van der Waals surface area contributed by atoms with Crippen LogP contribution in [0.1, 0.15) is 37.1 Å². The summed E-state index contributed by atoms with van der Waals surface area (Å²) in [6.45, 7) is 1.50. The quantitative estimate of drug-likeness (QED) is 0.688. The van der Waals surface area contributed by atoms with E-state index in [0.29, 0.717) is 11.8 Å². The minimum absolute atomic E-state index is 0.0404.